The summed E-state index contributed by atoms with van der Waals surface area (Å²) in [4.78, 5) is 39.2. The van der Waals surface area contributed by atoms with Gasteiger partial charge in [0.25, 0.3) is 5.91 Å². The Morgan fingerprint density at radius 1 is 1.14 bits per heavy atom. The molecule has 6 heteroatoms. The van der Waals surface area contributed by atoms with Crippen molar-refractivity contribution >= 4 is 17.8 Å². The number of nitrogens with one attached hydrogen (secondary N) is 2. The molecule has 28 heavy (non-hydrogen) atoms. The third-order valence-corrected chi connectivity index (χ3v) is 6.92. The van der Waals surface area contributed by atoms with Crippen LogP contribution in [0.1, 0.15) is 63.5 Å². The summed E-state index contributed by atoms with van der Waals surface area (Å²) in [6, 6.07) is 9.82. The van der Waals surface area contributed by atoms with Crippen molar-refractivity contribution in [2.45, 2.75) is 63.5 Å². The maximum atomic E-state index is 13.5. The van der Waals surface area contributed by atoms with E-state index in [2.05, 4.69) is 34.6 Å². The maximum absolute atomic E-state index is 13.5. The average Bonchev–Trinajstić information content (AvgIpc) is 2.94. The Kier molecular flexibility index (Phi) is 5.13. The van der Waals surface area contributed by atoms with Crippen LogP contribution in [0.4, 0.5) is 4.79 Å². The SMILES string of the molecule is CC(c1ccccc1)N(CC1CCC1)C(=O)C1CCC2(CC1)NC(=O)NC2=O. The molecule has 150 valence electrons. The molecule has 4 rings (SSSR count). The summed E-state index contributed by atoms with van der Waals surface area (Å²) in [7, 11) is 0. The zero-order chi connectivity index (χ0) is 19.7. The van der Waals surface area contributed by atoms with E-state index >= 15 is 0 Å². The minimum atomic E-state index is -0.808. The molecular weight excluding hydrogens is 354 g/mol. The van der Waals surface area contributed by atoms with Crippen LogP contribution < -0.4 is 10.6 Å². The van der Waals surface area contributed by atoms with Crippen molar-refractivity contribution in [3.8, 4) is 0 Å². The molecule has 0 radical (unpaired) electrons. The lowest BCUT2D eigenvalue weighted by molar-refractivity contribution is -0.141. The lowest BCUT2D eigenvalue weighted by Crippen LogP contribution is -2.51. The van der Waals surface area contributed by atoms with E-state index in [1.54, 1.807) is 0 Å². The number of benzene rings is 1. The second kappa shape index (κ2) is 7.57. The van der Waals surface area contributed by atoms with Crippen molar-refractivity contribution in [3.63, 3.8) is 0 Å². The van der Waals surface area contributed by atoms with Crippen LogP contribution in [0.3, 0.4) is 0 Å². The monoisotopic (exact) mass is 383 g/mol. The van der Waals surface area contributed by atoms with Gasteiger partial charge < -0.3 is 10.2 Å². The fraction of sp³-hybridized carbons (Fsp3) is 0.591. The summed E-state index contributed by atoms with van der Waals surface area (Å²) >= 11 is 0. The Balaban J connectivity index is 1.46. The highest BCUT2D eigenvalue weighted by molar-refractivity contribution is 6.07. The number of carbonyl (C=O) groups excluding carboxylic acids is 3. The first-order valence-corrected chi connectivity index (χ1v) is 10.5. The summed E-state index contributed by atoms with van der Waals surface area (Å²) in [5, 5.41) is 5.12. The van der Waals surface area contributed by atoms with E-state index < -0.39 is 11.6 Å². The highest BCUT2D eigenvalue weighted by Gasteiger charge is 2.49. The predicted octanol–water partition coefficient (Wildman–Crippen LogP) is 3.14. The van der Waals surface area contributed by atoms with Crippen LogP contribution in [-0.2, 0) is 9.59 Å². The van der Waals surface area contributed by atoms with Gasteiger partial charge in [0.15, 0.2) is 0 Å². The maximum Gasteiger partial charge on any atom is 0.322 e. The average molecular weight is 383 g/mol. The van der Waals surface area contributed by atoms with E-state index in [-0.39, 0.29) is 23.8 Å². The van der Waals surface area contributed by atoms with Crippen LogP contribution in [0, 0.1) is 11.8 Å². The van der Waals surface area contributed by atoms with Crippen molar-refractivity contribution in [2.75, 3.05) is 6.54 Å². The van der Waals surface area contributed by atoms with Crippen LogP contribution in [0.25, 0.3) is 0 Å². The smallest absolute Gasteiger partial charge is 0.322 e. The topological polar surface area (TPSA) is 78.5 Å². The molecule has 6 nitrogen and oxygen atoms in total. The lowest BCUT2D eigenvalue weighted by atomic mass is 9.75. The van der Waals surface area contributed by atoms with Crippen molar-refractivity contribution in [3.05, 3.63) is 35.9 Å². The van der Waals surface area contributed by atoms with Crippen LogP contribution >= 0.6 is 0 Å². The first-order chi connectivity index (χ1) is 13.5. The zero-order valence-electron chi connectivity index (χ0n) is 16.4. The fourth-order valence-corrected chi connectivity index (χ4v) is 4.78. The summed E-state index contributed by atoms with van der Waals surface area (Å²) in [6.45, 7) is 2.93. The Hall–Kier alpha value is -2.37. The Labute approximate surface area is 166 Å². The van der Waals surface area contributed by atoms with Gasteiger partial charge in [-0.1, -0.05) is 36.8 Å². The number of carbonyl (C=O) groups is 3. The quantitative estimate of drug-likeness (QED) is 0.767. The van der Waals surface area contributed by atoms with Gasteiger partial charge in [-0.05, 0) is 56.9 Å². The van der Waals surface area contributed by atoms with E-state index in [1.807, 2.05) is 18.2 Å². The van der Waals surface area contributed by atoms with E-state index in [0.29, 0.717) is 31.6 Å². The molecule has 1 unspecified atom stereocenters. The largest absolute Gasteiger partial charge is 0.335 e. The standard InChI is InChI=1S/C22H29N3O3/c1-15(17-8-3-2-4-9-17)25(14-16-6-5-7-16)19(26)18-10-12-22(13-11-18)20(27)23-21(28)24-22/h2-4,8-9,15-16,18H,5-7,10-14H2,1H3,(H2,23,24,27,28). The van der Waals surface area contributed by atoms with E-state index in [0.717, 1.165) is 12.1 Å². The van der Waals surface area contributed by atoms with Crippen LogP contribution in [-0.4, -0.2) is 34.8 Å². The van der Waals surface area contributed by atoms with Gasteiger partial charge >= 0.3 is 6.03 Å². The summed E-state index contributed by atoms with van der Waals surface area (Å²) in [5.74, 6) is 0.474. The molecule has 2 saturated carbocycles. The van der Waals surface area contributed by atoms with E-state index in [9.17, 15) is 14.4 Å². The summed E-state index contributed by atoms with van der Waals surface area (Å²) < 4.78 is 0. The van der Waals surface area contributed by atoms with Crippen molar-refractivity contribution in [1.29, 1.82) is 0 Å². The highest BCUT2D eigenvalue weighted by Crippen LogP contribution is 2.37. The molecule has 2 N–H and O–H groups in total. The molecule has 2 aliphatic carbocycles. The molecule has 3 fully saturated rings. The molecule has 1 saturated heterocycles. The fourth-order valence-electron chi connectivity index (χ4n) is 4.78. The second-order valence-electron chi connectivity index (χ2n) is 8.64. The second-order valence-corrected chi connectivity index (χ2v) is 8.64. The number of imide groups is 1. The highest BCUT2D eigenvalue weighted by atomic mass is 16.2. The van der Waals surface area contributed by atoms with Crippen molar-refractivity contribution < 1.29 is 14.4 Å². The van der Waals surface area contributed by atoms with Crippen LogP contribution in [0.5, 0.6) is 0 Å². The number of nitrogens with zero attached hydrogens (tertiary/aromatic N) is 1. The minimum Gasteiger partial charge on any atom is -0.335 e. The number of rotatable bonds is 5. The van der Waals surface area contributed by atoms with Gasteiger partial charge in [0.1, 0.15) is 5.54 Å². The number of amides is 4. The molecule has 1 atom stereocenters. The molecular formula is C22H29N3O3. The molecule has 0 bridgehead atoms. The van der Waals surface area contributed by atoms with Gasteiger partial charge in [-0.3, -0.25) is 14.9 Å². The molecule has 1 aromatic rings. The molecule has 4 amide bonds. The molecule has 1 heterocycles. The number of hydrogen-bond donors (Lipinski definition) is 2. The molecule has 3 aliphatic rings. The third kappa shape index (κ3) is 3.52. The van der Waals surface area contributed by atoms with Gasteiger partial charge in [0.05, 0.1) is 6.04 Å². The summed E-state index contributed by atoms with van der Waals surface area (Å²) in [6.07, 6.45) is 5.98. The number of urea groups is 1. The lowest BCUT2D eigenvalue weighted by Gasteiger charge is -2.40. The first kappa shape index (κ1) is 19.0. The Morgan fingerprint density at radius 3 is 2.36 bits per heavy atom. The summed E-state index contributed by atoms with van der Waals surface area (Å²) in [5.41, 5.74) is 0.349. The molecule has 1 aromatic carbocycles. The molecule has 1 spiro atoms. The predicted molar refractivity (Wildman–Crippen MR) is 105 cm³/mol. The third-order valence-electron chi connectivity index (χ3n) is 6.92. The van der Waals surface area contributed by atoms with Crippen LogP contribution in [0.15, 0.2) is 30.3 Å². The van der Waals surface area contributed by atoms with Gasteiger partial charge in [-0.15, -0.1) is 0 Å². The molecule has 1 aliphatic heterocycles. The van der Waals surface area contributed by atoms with Gasteiger partial charge in [-0.25, -0.2) is 4.79 Å². The van der Waals surface area contributed by atoms with Crippen LogP contribution in [0.2, 0.25) is 0 Å². The van der Waals surface area contributed by atoms with Crippen molar-refractivity contribution in [1.82, 2.24) is 15.5 Å². The minimum absolute atomic E-state index is 0.0414. The zero-order valence-corrected chi connectivity index (χ0v) is 16.4. The molecule has 0 aromatic heterocycles. The van der Waals surface area contributed by atoms with Gasteiger partial charge in [0.2, 0.25) is 5.91 Å². The van der Waals surface area contributed by atoms with E-state index in [4.69, 9.17) is 0 Å². The van der Waals surface area contributed by atoms with E-state index in [1.165, 1.54) is 19.3 Å². The van der Waals surface area contributed by atoms with Gasteiger partial charge in [-0.2, -0.15) is 0 Å². The Bertz CT molecular complexity index is 752. The normalized spacial score (nSPS) is 28.4. The van der Waals surface area contributed by atoms with Gasteiger partial charge in [0, 0.05) is 12.5 Å². The van der Waals surface area contributed by atoms with Crippen molar-refractivity contribution in [2.24, 2.45) is 11.8 Å². The number of hydrogen-bond acceptors (Lipinski definition) is 3. The first-order valence-electron chi connectivity index (χ1n) is 10.5. The Morgan fingerprint density at radius 2 is 1.82 bits per heavy atom.